The first-order chi connectivity index (χ1) is 10.8. The van der Waals surface area contributed by atoms with Crippen LogP contribution in [0.5, 0.6) is 0 Å². The van der Waals surface area contributed by atoms with E-state index in [1.165, 1.54) is 70.6 Å². The minimum absolute atomic E-state index is 0.0556. The second-order valence-corrected chi connectivity index (χ2v) is 6.26. The van der Waals surface area contributed by atoms with Gasteiger partial charge in [-0.1, -0.05) is 78.1 Å². The predicted molar refractivity (Wildman–Crippen MR) is 95.2 cm³/mol. The summed E-state index contributed by atoms with van der Waals surface area (Å²) >= 11 is 0. The van der Waals surface area contributed by atoms with Crippen molar-refractivity contribution in [3.63, 3.8) is 0 Å². The van der Waals surface area contributed by atoms with Gasteiger partial charge in [-0.25, -0.2) is 0 Å². The number of unbranched alkanes of at least 4 members (excludes halogenated alkanes) is 10. The Morgan fingerprint density at radius 3 is 1.86 bits per heavy atom. The van der Waals surface area contributed by atoms with Gasteiger partial charge >= 0.3 is 5.97 Å². The van der Waals surface area contributed by atoms with Gasteiger partial charge in [0, 0.05) is 6.54 Å². The van der Waals surface area contributed by atoms with Crippen LogP contribution in [0.2, 0.25) is 0 Å². The van der Waals surface area contributed by atoms with E-state index < -0.39 is 0 Å². The zero-order valence-electron chi connectivity index (χ0n) is 15.1. The van der Waals surface area contributed by atoms with Crippen LogP contribution in [-0.4, -0.2) is 25.7 Å². The molecule has 0 unspecified atom stereocenters. The molecule has 22 heavy (non-hydrogen) atoms. The van der Waals surface area contributed by atoms with Gasteiger partial charge in [0.25, 0.3) is 0 Å². The predicted octanol–water partition coefficient (Wildman–Crippen LogP) is 5.23. The Balaban J connectivity index is 3.10. The van der Waals surface area contributed by atoms with Gasteiger partial charge in [0.05, 0.1) is 13.0 Å². The molecule has 0 aliphatic carbocycles. The van der Waals surface area contributed by atoms with E-state index in [1.54, 1.807) is 0 Å². The smallest absolute Gasteiger partial charge is 0.307 e. The van der Waals surface area contributed by atoms with Crippen LogP contribution in [0.25, 0.3) is 0 Å². The van der Waals surface area contributed by atoms with E-state index in [1.807, 2.05) is 0 Å². The summed E-state index contributed by atoms with van der Waals surface area (Å²) in [6, 6.07) is 0. The van der Waals surface area contributed by atoms with Crippen molar-refractivity contribution in [2.24, 2.45) is 0 Å². The molecule has 3 heteroatoms. The van der Waals surface area contributed by atoms with Crippen molar-refractivity contribution in [1.29, 1.82) is 0 Å². The van der Waals surface area contributed by atoms with E-state index in [0.29, 0.717) is 13.0 Å². The molecule has 0 saturated carbocycles. The quantitative estimate of drug-likeness (QED) is 0.295. The second kappa shape index (κ2) is 18.5. The highest BCUT2D eigenvalue weighted by atomic mass is 16.5. The lowest BCUT2D eigenvalue weighted by Gasteiger charge is -2.06. The fraction of sp³-hybridized carbons (Fsp3) is 0.947. The minimum Gasteiger partial charge on any atom is -0.466 e. The molecule has 0 saturated heterocycles. The highest BCUT2D eigenvalue weighted by molar-refractivity contribution is 5.69. The van der Waals surface area contributed by atoms with E-state index in [4.69, 9.17) is 4.74 Å². The molecular weight excluding hydrogens is 274 g/mol. The Bertz CT molecular complexity index is 231. The van der Waals surface area contributed by atoms with Gasteiger partial charge in [-0.15, -0.1) is 0 Å². The normalized spacial score (nSPS) is 10.8. The molecule has 0 aliphatic rings. The first kappa shape index (κ1) is 21.4. The first-order valence-corrected chi connectivity index (χ1v) is 9.67. The van der Waals surface area contributed by atoms with E-state index in [9.17, 15) is 4.79 Å². The van der Waals surface area contributed by atoms with E-state index >= 15 is 0 Å². The van der Waals surface area contributed by atoms with Gasteiger partial charge in [0.15, 0.2) is 0 Å². The van der Waals surface area contributed by atoms with Crippen LogP contribution in [0, 0.1) is 0 Å². The molecule has 0 aromatic heterocycles. The minimum atomic E-state index is -0.0556. The zero-order chi connectivity index (χ0) is 16.3. The molecule has 1 N–H and O–H groups in total. The van der Waals surface area contributed by atoms with Gasteiger partial charge in [0.2, 0.25) is 0 Å². The molecule has 132 valence electrons. The maximum Gasteiger partial charge on any atom is 0.307 e. The molecular formula is C19H39NO2. The summed E-state index contributed by atoms with van der Waals surface area (Å²) in [4.78, 5) is 11.5. The molecule has 0 atom stereocenters. The van der Waals surface area contributed by atoms with E-state index in [2.05, 4.69) is 19.2 Å². The summed E-state index contributed by atoms with van der Waals surface area (Å²) in [6.07, 6.45) is 16.0. The van der Waals surface area contributed by atoms with Crippen LogP contribution in [-0.2, 0) is 9.53 Å². The number of ether oxygens (including phenoxy) is 1. The summed E-state index contributed by atoms with van der Waals surface area (Å²) < 4.78 is 5.24. The van der Waals surface area contributed by atoms with Crippen molar-refractivity contribution in [3.8, 4) is 0 Å². The van der Waals surface area contributed by atoms with Crippen LogP contribution < -0.4 is 5.32 Å². The third kappa shape index (κ3) is 17.5. The molecule has 3 nitrogen and oxygen atoms in total. The molecule has 0 aromatic rings. The van der Waals surface area contributed by atoms with E-state index in [0.717, 1.165) is 19.5 Å². The number of esters is 1. The number of nitrogens with one attached hydrogen (secondary N) is 1. The van der Waals surface area contributed by atoms with Crippen molar-refractivity contribution < 1.29 is 9.53 Å². The largest absolute Gasteiger partial charge is 0.466 e. The topological polar surface area (TPSA) is 38.3 Å². The van der Waals surface area contributed by atoms with Crippen LogP contribution >= 0.6 is 0 Å². The van der Waals surface area contributed by atoms with Crippen molar-refractivity contribution in [1.82, 2.24) is 5.32 Å². The van der Waals surface area contributed by atoms with Crippen molar-refractivity contribution in [3.05, 3.63) is 0 Å². The molecule has 0 aliphatic heterocycles. The summed E-state index contributed by atoms with van der Waals surface area (Å²) in [5, 5.41) is 3.26. The highest BCUT2D eigenvalue weighted by Crippen LogP contribution is 2.10. The monoisotopic (exact) mass is 313 g/mol. The molecule has 0 spiro atoms. The Labute approximate surface area is 138 Å². The summed E-state index contributed by atoms with van der Waals surface area (Å²) in [7, 11) is 0. The molecule has 0 radical (unpaired) electrons. The lowest BCUT2D eigenvalue weighted by Crippen LogP contribution is -2.20. The van der Waals surface area contributed by atoms with Crippen molar-refractivity contribution in [2.45, 2.75) is 97.3 Å². The SMILES string of the molecule is CCCCCCCCCCCCOC(=O)CCNCCCC. The maximum absolute atomic E-state index is 11.5. The third-order valence-electron chi connectivity index (χ3n) is 3.97. The highest BCUT2D eigenvalue weighted by Gasteiger charge is 2.01. The number of rotatable bonds is 17. The summed E-state index contributed by atoms with van der Waals surface area (Å²) in [6.45, 7) is 6.78. The fourth-order valence-corrected chi connectivity index (χ4v) is 2.46. The zero-order valence-corrected chi connectivity index (χ0v) is 15.1. The summed E-state index contributed by atoms with van der Waals surface area (Å²) in [5.74, 6) is -0.0556. The van der Waals surface area contributed by atoms with E-state index in [-0.39, 0.29) is 5.97 Å². The number of carbonyl (C=O) groups excluding carboxylic acids is 1. The molecule has 0 rings (SSSR count). The lowest BCUT2D eigenvalue weighted by molar-refractivity contribution is -0.143. The third-order valence-corrected chi connectivity index (χ3v) is 3.97. The van der Waals surface area contributed by atoms with Gasteiger partial charge in [-0.2, -0.15) is 0 Å². The van der Waals surface area contributed by atoms with Crippen molar-refractivity contribution in [2.75, 3.05) is 19.7 Å². The molecule has 0 bridgehead atoms. The van der Waals surface area contributed by atoms with Gasteiger partial charge < -0.3 is 10.1 Å². The first-order valence-electron chi connectivity index (χ1n) is 9.67. The Kier molecular flexibility index (Phi) is 18.0. The van der Waals surface area contributed by atoms with Gasteiger partial charge in [-0.3, -0.25) is 4.79 Å². The van der Waals surface area contributed by atoms with Crippen molar-refractivity contribution >= 4 is 5.97 Å². The van der Waals surface area contributed by atoms with Gasteiger partial charge in [-0.05, 0) is 19.4 Å². The fourth-order valence-electron chi connectivity index (χ4n) is 2.46. The average Bonchev–Trinajstić information content (AvgIpc) is 2.52. The maximum atomic E-state index is 11.5. The average molecular weight is 314 g/mol. The van der Waals surface area contributed by atoms with Crippen LogP contribution in [0.4, 0.5) is 0 Å². The van der Waals surface area contributed by atoms with Gasteiger partial charge in [0.1, 0.15) is 0 Å². The van der Waals surface area contributed by atoms with Crippen LogP contribution in [0.15, 0.2) is 0 Å². The molecule has 0 aromatic carbocycles. The summed E-state index contributed by atoms with van der Waals surface area (Å²) in [5.41, 5.74) is 0. The molecule has 0 heterocycles. The van der Waals surface area contributed by atoms with Crippen LogP contribution in [0.3, 0.4) is 0 Å². The Morgan fingerprint density at radius 1 is 0.727 bits per heavy atom. The number of hydrogen-bond donors (Lipinski definition) is 1. The Morgan fingerprint density at radius 2 is 1.27 bits per heavy atom. The molecule has 0 fully saturated rings. The standard InChI is InChI=1S/C19H39NO2/c1-3-5-7-8-9-10-11-12-13-14-18-22-19(21)15-17-20-16-6-4-2/h20H,3-18H2,1-2H3. The molecule has 0 amide bonds. The Hall–Kier alpha value is -0.570. The lowest BCUT2D eigenvalue weighted by atomic mass is 10.1. The number of carbonyl (C=O) groups is 1. The van der Waals surface area contributed by atoms with Crippen LogP contribution in [0.1, 0.15) is 97.3 Å². The number of hydrogen-bond acceptors (Lipinski definition) is 3. The second-order valence-electron chi connectivity index (χ2n) is 6.26.